The Bertz CT molecular complexity index is 346. The zero-order valence-corrected chi connectivity index (χ0v) is 11.8. The second-order valence-electron chi connectivity index (χ2n) is 4.46. The normalized spacial score (nSPS) is 10.4. The van der Waals surface area contributed by atoms with E-state index in [-0.39, 0.29) is 0 Å². The summed E-state index contributed by atoms with van der Waals surface area (Å²) in [6.07, 6.45) is 13.3. The summed E-state index contributed by atoms with van der Waals surface area (Å²) in [5, 5.41) is 0. The fourth-order valence-electron chi connectivity index (χ4n) is 2.03. The quantitative estimate of drug-likeness (QED) is 0.475. The van der Waals surface area contributed by atoms with E-state index >= 15 is 0 Å². The van der Waals surface area contributed by atoms with E-state index in [1.807, 2.05) is 12.2 Å². The van der Waals surface area contributed by atoms with Crippen molar-refractivity contribution in [2.24, 2.45) is 0 Å². The molecule has 0 atom stereocenters. The van der Waals surface area contributed by atoms with Crippen molar-refractivity contribution in [1.82, 2.24) is 0 Å². The number of unbranched alkanes of at least 4 members (excludes halogenated alkanes) is 5. The number of thiophene rings is 1. The molecule has 0 N–H and O–H groups in total. The summed E-state index contributed by atoms with van der Waals surface area (Å²) in [4.78, 5) is 2.59. The second-order valence-corrected chi connectivity index (χ2v) is 5.58. The number of aryl methyl sites for hydroxylation is 1. The first kappa shape index (κ1) is 14.2. The number of hydrogen-bond donors (Lipinski definition) is 0. The molecule has 0 saturated heterocycles. The maximum Gasteiger partial charge on any atom is 0.0302 e. The molecule has 0 aliphatic rings. The highest BCUT2D eigenvalue weighted by atomic mass is 32.1. The Morgan fingerprint density at radius 2 is 1.76 bits per heavy atom. The average Bonchev–Trinajstić information content (AvgIpc) is 2.76. The van der Waals surface area contributed by atoms with Crippen LogP contribution in [0.1, 0.15) is 60.8 Å². The van der Waals surface area contributed by atoms with Crippen molar-refractivity contribution in [3.8, 4) is 0 Å². The smallest absolute Gasteiger partial charge is 0.0302 e. The molecular weight excluding hydrogens is 224 g/mol. The Morgan fingerprint density at radius 3 is 2.41 bits per heavy atom. The van der Waals surface area contributed by atoms with Crippen LogP contribution in [0.25, 0.3) is 12.2 Å². The summed E-state index contributed by atoms with van der Waals surface area (Å²) in [5.74, 6) is 0. The van der Waals surface area contributed by atoms with Crippen LogP contribution < -0.4 is 0 Å². The van der Waals surface area contributed by atoms with Crippen molar-refractivity contribution in [2.75, 3.05) is 0 Å². The van der Waals surface area contributed by atoms with Gasteiger partial charge in [-0.2, -0.15) is 0 Å². The Labute approximate surface area is 110 Å². The third-order valence-electron chi connectivity index (χ3n) is 3.05. The summed E-state index contributed by atoms with van der Waals surface area (Å²) in [5.41, 5.74) is 1.45. The van der Waals surface area contributed by atoms with Gasteiger partial charge in [0.25, 0.3) is 0 Å². The number of hydrogen-bond acceptors (Lipinski definition) is 1. The van der Waals surface area contributed by atoms with Crippen LogP contribution in [0.3, 0.4) is 0 Å². The summed E-state index contributed by atoms with van der Waals surface area (Å²) < 4.78 is 0. The van der Waals surface area contributed by atoms with Gasteiger partial charge in [-0.3, -0.25) is 0 Å². The first-order valence-electron chi connectivity index (χ1n) is 6.69. The molecule has 0 fully saturated rings. The van der Waals surface area contributed by atoms with E-state index in [1.165, 1.54) is 60.3 Å². The molecule has 94 valence electrons. The summed E-state index contributed by atoms with van der Waals surface area (Å²) in [7, 11) is 0. The lowest BCUT2D eigenvalue weighted by Gasteiger charge is -2.01. The number of rotatable bonds is 9. The Morgan fingerprint density at radius 1 is 1.06 bits per heavy atom. The van der Waals surface area contributed by atoms with E-state index in [2.05, 4.69) is 26.1 Å². The summed E-state index contributed by atoms with van der Waals surface area (Å²) in [6, 6.07) is 2.26. The van der Waals surface area contributed by atoms with Gasteiger partial charge in [0.2, 0.25) is 0 Å². The van der Waals surface area contributed by atoms with Crippen molar-refractivity contribution in [2.45, 2.75) is 51.9 Å². The van der Waals surface area contributed by atoms with Gasteiger partial charge in [0.15, 0.2) is 0 Å². The van der Waals surface area contributed by atoms with Gasteiger partial charge in [-0.1, -0.05) is 64.3 Å². The fraction of sp³-hybridized carbons (Fsp3) is 0.500. The Kier molecular flexibility index (Phi) is 6.95. The standard InChI is InChI=1S/C16H24S/c1-4-7-8-9-10-11-12-14-13-15(5-2)17-16(14)6-3/h5-6,13H,2-4,7-12H2,1H3. The van der Waals surface area contributed by atoms with Gasteiger partial charge in [-0.05, 0) is 24.5 Å². The SMILES string of the molecule is C=Cc1cc(CCCCCCCC)c(C=C)s1. The lowest BCUT2D eigenvalue weighted by molar-refractivity contribution is 0.608. The first-order valence-corrected chi connectivity index (χ1v) is 7.51. The van der Waals surface area contributed by atoms with E-state index in [9.17, 15) is 0 Å². The zero-order valence-electron chi connectivity index (χ0n) is 11.0. The Hall–Kier alpha value is -0.820. The van der Waals surface area contributed by atoms with Crippen molar-refractivity contribution >= 4 is 23.5 Å². The molecule has 1 rings (SSSR count). The third-order valence-corrected chi connectivity index (χ3v) is 4.22. The van der Waals surface area contributed by atoms with Gasteiger partial charge in [0, 0.05) is 9.75 Å². The zero-order chi connectivity index (χ0) is 12.5. The van der Waals surface area contributed by atoms with Crippen molar-refractivity contribution in [1.29, 1.82) is 0 Å². The maximum atomic E-state index is 3.88. The van der Waals surface area contributed by atoms with E-state index in [0.717, 1.165) is 0 Å². The molecular formula is C16H24S. The van der Waals surface area contributed by atoms with Gasteiger partial charge in [0.05, 0.1) is 0 Å². The van der Waals surface area contributed by atoms with Crippen LogP contribution in [-0.4, -0.2) is 0 Å². The van der Waals surface area contributed by atoms with Gasteiger partial charge in [-0.25, -0.2) is 0 Å². The van der Waals surface area contributed by atoms with Crippen LogP contribution in [0.2, 0.25) is 0 Å². The highest BCUT2D eigenvalue weighted by Gasteiger charge is 2.04. The van der Waals surface area contributed by atoms with Crippen LogP contribution >= 0.6 is 11.3 Å². The van der Waals surface area contributed by atoms with Gasteiger partial charge >= 0.3 is 0 Å². The molecule has 0 aliphatic heterocycles. The molecule has 0 bridgehead atoms. The molecule has 0 spiro atoms. The van der Waals surface area contributed by atoms with Crippen LogP contribution in [-0.2, 0) is 6.42 Å². The molecule has 0 saturated carbocycles. The first-order chi connectivity index (χ1) is 8.31. The van der Waals surface area contributed by atoms with Crippen LogP contribution in [0.15, 0.2) is 19.2 Å². The average molecular weight is 248 g/mol. The largest absolute Gasteiger partial charge is 0.136 e. The molecule has 0 unspecified atom stereocenters. The van der Waals surface area contributed by atoms with Gasteiger partial charge in [0.1, 0.15) is 0 Å². The predicted octanol–water partition coefficient (Wildman–Crippen LogP) is 5.94. The lowest BCUT2D eigenvalue weighted by Crippen LogP contribution is -1.86. The van der Waals surface area contributed by atoms with Crippen molar-refractivity contribution in [3.63, 3.8) is 0 Å². The van der Waals surface area contributed by atoms with Gasteiger partial charge in [-0.15, -0.1) is 11.3 Å². The topological polar surface area (TPSA) is 0 Å². The second kappa shape index (κ2) is 8.30. The van der Waals surface area contributed by atoms with E-state index in [0.29, 0.717) is 0 Å². The van der Waals surface area contributed by atoms with E-state index < -0.39 is 0 Å². The van der Waals surface area contributed by atoms with Crippen LogP contribution in [0.4, 0.5) is 0 Å². The van der Waals surface area contributed by atoms with Crippen molar-refractivity contribution in [3.05, 3.63) is 34.5 Å². The predicted molar refractivity (Wildman–Crippen MR) is 81.6 cm³/mol. The van der Waals surface area contributed by atoms with E-state index in [4.69, 9.17) is 0 Å². The molecule has 1 aromatic heterocycles. The highest BCUT2D eigenvalue weighted by Crippen LogP contribution is 2.26. The molecule has 1 heterocycles. The van der Waals surface area contributed by atoms with Crippen LogP contribution in [0.5, 0.6) is 0 Å². The monoisotopic (exact) mass is 248 g/mol. The summed E-state index contributed by atoms with van der Waals surface area (Å²) in [6.45, 7) is 9.97. The lowest BCUT2D eigenvalue weighted by atomic mass is 10.1. The summed E-state index contributed by atoms with van der Waals surface area (Å²) >= 11 is 1.80. The van der Waals surface area contributed by atoms with Gasteiger partial charge < -0.3 is 0 Å². The molecule has 0 nitrogen and oxygen atoms in total. The minimum Gasteiger partial charge on any atom is -0.136 e. The highest BCUT2D eigenvalue weighted by molar-refractivity contribution is 7.13. The molecule has 1 heteroatoms. The Balaban J connectivity index is 2.32. The fourth-order valence-corrected chi connectivity index (χ4v) is 2.94. The maximum absolute atomic E-state index is 3.88. The molecule has 17 heavy (non-hydrogen) atoms. The van der Waals surface area contributed by atoms with Crippen LogP contribution in [0, 0.1) is 0 Å². The van der Waals surface area contributed by atoms with E-state index in [1.54, 1.807) is 11.3 Å². The molecule has 1 aromatic rings. The molecule has 0 aliphatic carbocycles. The van der Waals surface area contributed by atoms with Crippen molar-refractivity contribution < 1.29 is 0 Å². The minimum atomic E-state index is 1.19. The molecule has 0 aromatic carbocycles. The third kappa shape index (κ3) is 4.91. The minimum absolute atomic E-state index is 1.19. The molecule has 0 radical (unpaired) electrons. The molecule has 0 amide bonds.